The van der Waals surface area contributed by atoms with Crippen molar-refractivity contribution in [3.8, 4) is 0 Å². The maximum atomic E-state index is 5.77. The van der Waals surface area contributed by atoms with Crippen LogP contribution in [0.5, 0.6) is 0 Å². The molecule has 4 rings (SSSR count). The fraction of sp³-hybridized carbons (Fsp3) is 0.792. The van der Waals surface area contributed by atoms with Crippen molar-refractivity contribution in [2.75, 3.05) is 6.54 Å². The van der Waals surface area contributed by atoms with Crippen LogP contribution in [0.3, 0.4) is 0 Å². The lowest BCUT2D eigenvalue weighted by Crippen LogP contribution is -2.49. The summed E-state index contributed by atoms with van der Waals surface area (Å²) in [4.78, 5) is 5.73. The average molecular weight is 371 g/mol. The Balaban J connectivity index is 1.56. The zero-order chi connectivity index (χ0) is 19.4. The summed E-state index contributed by atoms with van der Waals surface area (Å²) >= 11 is 0. The van der Waals surface area contributed by atoms with E-state index in [0.29, 0.717) is 17.4 Å². The van der Waals surface area contributed by atoms with Crippen LogP contribution < -0.4 is 5.73 Å². The number of fused-ring (bicyclic) bond motifs is 5. The third-order valence-electron chi connectivity index (χ3n) is 8.83. The van der Waals surface area contributed by atoms with E-state index in [1.165, 1.54) is 50.5 Å². The number of rotatable bonds is 3. The topological polar surface area (TPSA) is 47.6 Å². The molecule has 4 aliphatic rings. The highest BCUT2D eigenvalue weighted by molar-refractivity contribution is 5.96. The second kappa shape index (κ2) is 6.47. The number of nitrogens with zero attached hydrogens (tertiary/aromatic N) is 1. The molecule has 5 atom stereocenters. The van der Waals surface area contributed by atoms with Crippen LogP contribution in [0.1, 0.15) is 79.1 Å². The van der Waals surface area contributed by atoms with E-state index < -0.39 is 0 Å². The van der Waals surface area contributed by atoms with Gasteiger partial charge in [-0.05, 0) is 99.9 Å². The zero-order valence-corrected chi connectivity index (χ0v) is 17.8. The molecule has 3 nitrogen and oxygen atoms in total. The van der Waals surface area contributed by atoms with Crippen molar-refractivity contribution in [2.45, 2.75) is 84.7 Å². The Morgan fingerprint density at radius 3 is 2.59 bits per heavy atom. The minimum atomic E-state index is -0.386. The molecule has 0 aromatic carbocycles. The highest BCUT2D eigenvalue weighted by atomic mass is 16.6. The molecule has 3 saturated carbocycles. The minimum absolute atomic E-state index is 0.358. The van der Waals surface area contributed by atoms with Crippen LogP contribution in [0.2, 0.25) is 0 Å². The van der Waals surface area contributed by atoms with Crippen molar-refractivity contribution in [1.82, 2.24) is 0 Å². The molecule has 0 aromatic heterocycles. The van der Waals surface area contributed by atoms with Crippen LogP contribution in [0, 0.1) is 28.6 Å². The van der Waals surface area contributed by atoms with Crippen molar-refractivity contribution < 1.29 is 4.84 Å². The lowest BCUT2D eigenvalue weighted by atomic mass is 9.47. The molecule has 3 fully saturated rings. The van der Waals surface area contributed by atoms with E-state index >= 15 is 0 Å². The van der Waals surface area contributed by atoms with Crippen LogP contribution in [0.15, 0.2) is 29.0 Å². The number of hydrogen-bond acceptors (Lipinski definition) is 3. The van der Waals surface area contributed by atoms with Gasteiger partial charge in [0.05, 0.1) is 5.71 Å². The molecule has 27 heavy (non-hydrogen) atoms. The lowest BCUT2D eigenvalue weighted by molar-refractivity contribution is -0.0238. The number of hydrogen-bond donors (Lipinski definition) is 1. The fourth-order valence-electron chi connectivity index (χ4n) is 6.77. The summed E-state index contributed by atoms with van der Waals surface area (Å²) in [5.74, 6) is 2.59. The van der Waals surface area contributed by atoms with Gasteiger partial charge in [-0.2, -0.15) is 0 Å². The minimum Gasteiger partial charge on any atom is -0.388 e. The molecule has 4 aliphatic carbocycles. The highest BCUT2D eigenvalue weighted by Gasteiger charge is 2.57. The van der Waals surface area contributed by atoms with Gasteiger partial charge in [0.25, 0.3) is 0 Å². The molecular weight excluding hydrogens is 332 g/mol. The smallest absolute Gasteiger partial charge is 0.144 e. The third-order valence-corrected chi connectivity index (χ3v) is 8.83. The first kappa shape index (κ1) is 19.2. The van der Waals surface area contributed by atoms with Gasteiger partial charge in [-0.15, -0.1) is 0 Å². The van der Waals surface area contributed by atoms with Gasteiger partial charge in [0.1, 0.15) is 5.60 Å². The standard InChI is InChI=1S/C24H38N2O/c1-16-6-9-20-19-8-7-17-14-18(26-27-22(2,3)15-25)10-12-24(17,5)21(19)11-13-23(16,20)4/h14,19-21H,1,6-13,15,25H2,2-5H3/t19?,20?,21?,23-,24+/m1/s1. The molecule has 3 unspecified atom stereocenters. The summed E-state index contributed by atoms with van der Waals surface area (Å²) in [6.45, 7) is 14.0. The fourth-order valence-corrected chi connectivity index (χ4v) is 6.77. The summed E-state index contributed by atoms with van der Waals surface area (Å²) in [6.07, 6.45) is 12.5. The quantitative estimate of drug-likeness (QED) is 0.518. The van der Waals surface area contributed by atoms with Gasteiger partial charge in [-0.1, -0.05) is 36.7 Å². The molecular formula is C24H38N2O. The van der Waals surface area contributed by atoms with Gasteiger partial charge in [0.2, 0.25) is 0 Å². The first-order chi connectivity index (χ1) is 12.7. The monoisotopic (exact) mass is 370 g/mol. The highest BCUT2D eigenvalue weighted by Crippen LogP contribution is 2.66. The number of oxime groups is 1. The Morgan fingerprint density at radius 2 is 1.85 bits per heavy atom. The largest absolute Gasteiger partial charge is 0.388 e. The second-order valence-corrected chi connectivity index (χ2v) is 10.7. The van der Waals surface area contributed by atoms with E-state index in [1.807, 2.05) is 13.8 Å². The average Bonchev–Trinajstić information content (AvgIpc) is 2.95. The summed E-state index contributed by atoms with van der Waals surface area (Å²) < 4.78 is 0. The Morgan fingerprint density at radius 1 is 1.11 bits per heavy atom. The van der Waals surface area contributed by atoms with Gasteiger partial charge in [-0.25, -0.2) is 0 Å². The molecule has 3 heteroatoms. The van der Waals surface area contributed by atoms with Crippen molar-refractivity contribution in [3.05, 3.63) is 23.8 Å². The maximum absolute atomic E-state index is 5.77. The lowest BCUT2D eigenvalue weighted by Gasteiger charge is -2.57. The third kappa shape index (κ3) is 3.01. The van der Waals surface area contributed by atoms with E-state index in [0.717, 1.165) is 29.9 Å². The zero-order valence-electron chi connectivity index (χ0n) is 17.8. The van der Waals surface area contributed by atoms with E-state index in [4.69, 9.17) is 10.6 Å². The van der Waals surface area contributed by atoms with Gasteiger partial charge in [-0.3, -0.25) is 0 Å². The van der Waals surface area contributed by atoms with Crippen molar-refractivity contribution in [3.63, 3.8) is 0 Å². The van der Waals surface area contributed by atoms with Crippen LogP contribution in [-0.4, -0.2) is 17.9 Å². The molecule has 0 aromatic rings. The molecule has 0 saturated heterocycles. The van der Waals surface area contributed by atoms with Crippen LogP contribution >= 0.6 is 0 Å². The van der Waals surface area contributed by atoms with E-state index in [2.05, 4.69) is 31.7 Å². The molecule has 2 N–H and O–H groups in total. The van der Waals surface area contributed by atoms with Crippen molar-refractivity contribution in [1.29, 1.82) is 0 Å². The van der Waals surface area contributed by atoms with Crippen molar-refractivity contribution in [2.24, 2.45) is 39.5 Å². The Bertz CT molecular complexity index is 690. The molecule has 0 radical (unpaired) electrons. The van der Waals surface area contributed by atoms with Crippen LogP contribution in [0.4, 0.5) is 0 Å². The normalized spacial score (nSPS) is 43.0. The van der Waals surface area contributed by atoms with Crippen LogP contribution in [0.25, 0.3) is 0 Å². The summed E-state index contributed by atoms with van der Waals surface area (Å²) in [5, 5.41) is 4.47. The molecule has 0 heterocycles. The Hall–Kier alpha value is -1.09. The summed E-state index contributed by atoms with van der Waals surface area (Å²) in [5.41, 5.74) is 10.4. The summed E-state index contributed by atoms with van der Waals surface area (Å²) in [7, 11) is 0. The Labute approximate surface area is 165 Å². The SMILES string of the molecule is C=C1CCC2C3CCC4=CC(=NOC(C)(C)CN)CC[C@]4(C)C3CC[C@]12C. The van der Waals surface area contributed by atoms with Gasteiger partial charge < -0.3 is 10.6 Å². The maximum Gasteiger partial charge on any atom is 0.144 e. The van der Waals surface area contributed by atoms with Gasteiger partial charge in [0.15, 0.2) is 0 Å². The van der Waals surface area contributed by atoms with Gasteiger partial charge >= 0.3 is 0 Å². The van der Waals surface area contributed by atoms with Crippen molar-refractivity contribution >= 4 is 5.71 Å². The van der Waals surface area contributed by atoms with Crippen LogP contribution in [-0.2, 0) is 4.84 Å². The predicted octanol–water partition coefficient (Wildman–Crippen LogP) is 5.62. The molecule has 0 aliphatic heterocycles. The van der Waals surface area contributed by atoms with E-state index in [1.54, 1.807) is 5.57 Å². The first-order valence-electron chi connectivity index (χ1n) is 11.0. The predicted molar refractivity (Wildman–Crippen MR) is 112 cm³/mol. The second-order valence-electron chi connectivity index (χ2n) is 10.7. The molecule has 0 bridgehead atoms. The molecule has 0 spiro atoms. The number of nitrogens with two attached hydrogens (primary N) is 1. The molecule has 0 amide bonds. The van der Waals surface area contributed by atoms with E-state index in [-0.39, 0.29) is 5.60 Å². The Kier molecular flexibility index (Phi) is 4.61. The number of allylic oxidation sites excluding steroid dienone is 3. The summed E-state index contributed by atoms with van der Waals surface area (Å²) in [6, 6.07) is 0. The van der Waals surface area contributed by atoms with E-state index in [9.17, 15) is 0 Å². The van der Waals surface area contributed by atoms with Gasteiger partial charge in [0, 0.05) is 6.54 Å². The first-order valence-corrected chi connectivity index (χ1v) is 11.0. The molecule has 150 valence electrons.